The van der Waals surface area contributed by atoms with Crippen LogP contribution in [0.1, 0.15) is 19.8 Å². The van der Waals surface area contributed by atoms with Gasteiger partial charge in [0.1, 0.15) is 6.54 Å². The van der Waals surface area contributed by atoms with Crippen molar-refractivity contribution in [3.05, 3.63) is 0 Å². The van der Waals surface area contributed by atoms with Crippen LogP contribution in [0.3, 0.4) is 0 Å². The summed E-state index contributed by atoms with van der Waals surface area (Å²) in [4.78, 5) is 26.6. The van der Waals surface area contributed by atoms with Gasteiger partial charge in [0.25, 0.3) is 5.91 Å². The molecule has 0 saturated carbocycles. The Morgan fingerprint density at radius 1 is 1.55 bits per heavy atom. The van der Waals surface area contributed by atoms with E-state index in [1.54, 1.807) is 0 Å². The Kier molecular flexibility index (Phi) is 2.59. The van der Waals surface area contributed by atoms with E-state index in [0.29, 0.717) is 6.61 Å². The molecular formula is C7H11NO3. The summed E-state index contributed by atoms with van der Waals surface area (Å²) in [6.45, 7) is 2.57. The second-order valence-electron chi connectivity index (χ2n) is 2.48. The maximum atomic E-state index is 10.9. The van der Waals surface area contributed by atoms with E-state index in [9.17, 15) is 9.59 Å². The van der Waals surface area contributed by atoms with Crippen LogP contribution in [0.4, 0.5) is 0 Å². The van der Waals surface area contributed by atoms with Crippen molar-refractivity contribution < 1.29 is 14.4 Å². The van der Waals surface area contributed by atoms with E-state index in [0.717, 1.165) is 11.5 Å². The number of amides is 1. The van der Waals surface area contributed by atoms with Crippen LogP contribution >= 0.6 is 0 Å². The van der Waals surface area contributed by atoms with Crippen molar-refractivity contribution in [2.75, 3.05) is 13.2 Å². The van der Waals surface area contributed by atoms with Crippen LogP contribution in [0, 0.1) is 0 Å². The quantitative estimate of drug-likeness (QED) is 0.547. The lowest BCUT2D eigenvalue weighted by Gasteiger charge is -2.12. The molecule has 0 aromatic heterocycles. The highest BCUT2D eigenvalue weighted by atomic mass is 16.7. The van der Waals surface area contributed by atoms with Gasteiger partial charge in [0.2, 0.25) is 0 Å². The number of hydrogen-bond donors (Lipinski definition) is 0. The molecule has 1 rings (SSSR count). The summed E-state index contributed by atoms with van der Waals surface area (Å²) in [6.07, 6.45) is 0.849. The smallest absolute Gasteiger partial charge is 0.254 e. The highest BCUT2D eigenvalue weighted by molar-refractivity contribution is 6.04. The Morgan fingerprint density at radius 3 is 2.73 bits per heavy atom. The first-order valence-electron chi connectivity index (χ1n) is 3.69. The average molecular weight is 157 g/mol. The van der Waals surface area contributed by atoms with Crippen LogP contribution in [0.15, 0.2) is 0 Å². The predicted molar refractivity (Wildman–Crippen MR) is 37.6 cm³/mol. The molecule has 62 valence electrons. The molecule has 0 atom stereocenters. The number of rotatable bonds is 3. The zero-order chi connectivity index (χ0) is 8.27. The van der Waals surface area contributed by atoms with Gasteiger partial charge in [0.05, 0.1) is 13.0 Å². The first-order chi connectivity index (χ1) is 5.24. The minimum Gasteiger partial charge on any atom is -0.297 e. The lowest BCUT2D eigenvalue weighted by molar-refractivity contribution is -0.177. The predicted octanol–water partition coefficient (Wildman–Crippen LogP) is 0.129. The summed E-state index contributed by atoms with van der Waals surface area (Å²) in [5.41, 5.74) is 0. The molecule has 0 aromatic carbocycles. The van der Waals surface area contributed by atoms with E-state index in [1.165, 1.54) is 0 Å². The van der Waals surface area contributed by atoms with Crippen LogP contribution in [-0.4, -0.2) is 29.9 Å². The molecule has 1 fully saturated rings. The third-order valence-electron chi connectivity index (χ3n) is 1.40. The number of hydrogen-bond acceptors (Lipinski definition) is 3. The SMILES string of the molecule is CCCON1CC(=O)CC1=O. The Labute approximate surface area is 65.1 Å². The Morgan fingerprint density at radius 2 is 2.27 bits per heavy atom. The molecule has 1 amide bonds. The second-order valence-corrected chi connectivity index (χ2v) is 2.48. The molecular weight excluding hydrogens is 146 g/mol. The van der Waals surface area contributed by atoms with Gasteiger partial charge in [0.15, 0.2) is 5.78 Å². The van der Waals surface area contributed by atoms with Crippen molar-refractivity contribution in [3.8, 4) is 0 Å². The van der Waals surface area contributed by atoms with E-state index in [4.69, 9.17) is 4.84 Å². The molecule has 0 aliphatic carbocycles. The van der Waals surface area contributed by atoms with E-state index < -0.39 is 0 Å². The molecule has 4 heteroatoms. The summed E-state index contributed by atoms with van der Waals surface area (Å²) in [7, 11) is 0. The number of hydroxylamine groups is 2. The van der Waals surface area contributed by atoms with Gasteiger partial charge in [-0.05, 0) is 6.42 Å². The molecule has 11 heavy (non-hydrogen) atoms. The van der Waals surface area contributed by atoms with Gasteiger partial charge in [-0.15, -0.1) is 0 Å². The van der Waals surface area contributed by atoms with Crippen LogP contribution in [0.25, 0.3) is 0 Å². The van der Waals surface area contributed by atoms with E-state index >= 15 is 0 Å². The van der Waals surface area contributed by atoms with Gasteiger partial charge >= 0.3 is 0 Å². The second kappa shape index (κ2) is 3.48. The molecule has 1 aliphatic heterocycles. The van der Waals surface area contributed by atoms with Gasteiger partial charge < -0.3 is 0 Å². The van der Waals surface area contributed by atoms with Crippen molar-refractivity contribution in [2.45, 2.75) is 19.8 Å². The molecule has 4 nitrogen and oxygen atoms in total. The number of carbonyl (C=O) groups is 2. The van der Waals surface area contributed by atoms with Crippen LogP contribution in [0.5, 0.6) is 0 Å². The zero-order valence-electron chi connectivity index (χ0n) is 6.50. The van der Waals surface area contributed by atoms with Gasteiger partial charge in [0, 0.05) is 0 Å². The molecule has 1 saturated heterocycles. The molecule has 0 N–H and O–H groups in total. The molecule has 0 bridgehead atoms. The van der Waals surface area contributed by atoms with Gasteiger partial charge in [-0.25, -0.2) is 5.06 Å². The molecule has 0 spiro atoms. The van der Waals surface area contributed by atoms with Crippen molar-refractivity contribution in [1.82, 2.24) is 5.06 Å². The topological polar surface area (TPSA) is 46.6 Å². The van der Waals surface area contributed by atoms with Gasteiger partial charge in [-0.3, -0.25) is 14.4 Å². The van der Waals surface area contributed by atoms with Crippen LogP contribution < -0.4 is 0 Å². The average Bonchev–Trinajstić information content (AvgIpc) is 2.26. The number of nitrogens with zero attached hydrogens (tertiary/aromatic N) is 1. The lowest BCUT2D eigenvalue weighted by Crippen LogP contribution is -2.25. The van der Waals surface area contributed by atoms with E-state index in [-0.39, 0.29) is 24.7 Å². The normalized spacial score (nSPS) is 18.1. The minimum absolute atomic E-state index is 0.00368. The standard InChI is InChI=1S/C7H11NO3/c1-2-3-11-8-5-6(9)4-7(8)10/h2-5H2,1H3. The Hall–Kier alpha value is -0.900. The van der Waals surface area contributed by atoms with Gasteiger partial charge in [-0.2, -0.15) is 0 Å². The first-order valence-corrected chi connectivity index (χ1v) is 3.69. The Balaban J connectivity index is 2.34. The van der Waals surface area contributed by atoms with Crippen molar-refractivity contribution in [1.29, 1.82) is 0 Å². The van der Waals surface area contributed by atoms with E-state index in [2.05, 4.69) is 0 Å². The number of carbonyl (C=O) groups excluding carboxylic acids is 2. The first kappa shape index (κ1) is 8.20. The van der Waals surface area contributed by atoms with Crippen LogP contribution in [-0.2, 0) is 14.4 Å². The zero-order valence-corrected chi connectivity index (χ0v) is 6.50. The van der Waals surface area contributed by atoms with Crippen molar-refractivity contribution >= 4 is 11.7 Å². The molecule has 1 heterocycles. The molecule has 1 aliphatic rings. The summed E-state index contributed by atoms with van der Waals surface area (Å²) < 4.78 is 0. The fraction of sp³-hybridized carbons (Fsp3) is 0.714. The third kappa shape index (κ3) is 2.01. The van der Waals surface area contributed by atoms with Crippen LogP contribution in [0.2, 0.25) is 0 Å². The largest absolute Gasteiger partial charge is 0.297 e. The fourth-order valence-corrected chi connectivity index (χ4v) is 0.880. The van der Waals surface area contributed by atoms with Crippen molar-refractivity contribution in [3.63, 3.8) is 0 Å². The number of Topliss-reactive ketones (excluding diaryl/α,β-unsaturated/α-hetero) is 1. The maximum Gasteiger partial charge on any atom is 0.254 e. The highest BCUT2D eigenvalue weighted by Crippen LogP contribution is 2.06. The molecule has 0 radical (unpaired) electrons. The van der Waals surface area contributed by atoms with Gasteiger partial charge in [-0.1, -0.05) is 6.92 Å². The summed E-state index contributed by atoms with van der Waals surface area (Å²) in [6, 6.07) is 0. The third-order valence-corrected chi connectivity index (χ3v) is 1.40. The monoisotopic (exact) mass is 157 g/mol. The minimum atomic E-state index is -0.219. The maximum absolute atomic E-state index is 10.9. The summed E-state index contributed by atoms with van der Waals surface area (Å²) >= 11 is 0. The fourth-order valence-electron chi connectivity index (χ4n) is 0.880. The van der Waals surface area contributed by atoms with Crippen molar-refractivity contribution in [2.24, 2.45) is 0 Å². The van der Waals surface area contributed by atoms with E-state index in [1.807, 2.05) is 6.92 Å². The molecule has 0 aromatic rings. The summed E-state index contributed by atoms with van der Waals surface area (Å²) in [5.74, 6) is -0.283. The highest BCUT2D eigenvalue weighted by Gasteiger charge is 2.27. The Bertz CT molecular complexity index is 179. The summed E-state index contributed by atoms with van der Waals surface area (Å²) in [5, 5.41) is 1.14. The lowest BCUT2D eigenvalue weighted by atomic mass is 10.3. The number of ketones is 1. The molecule has 0 unspecified atom stereocenters.